The number of aromatic nitrogens is 2. The number of amides is 1. The summed E-state index contributed by atoms with van der Waals surface area (Å²) in [6.07, 6.45) is 0.792. The fourth-order valence-electron chi connectivity index (χ4n) is 1.62. The number of nitrogens with zero attached hydrogens (tertiary/aromatic N) is 3. The summed E-state index contributed by atoms with van der Waals surface area (Å²) in [6.45, 7) is 1.61. The Hall–Kier alpha value is -2.60. The lowest BCUT2D eigenvalue weighted by molar-refractivity contribution is -0.392. The highest BCUT2D eigenvalue weighted by molar-refractivity contribution is 7.80. The number of hydrogen-bond donors (Lipinski definition) is 2. The lowest BCUT2D eigenvalue weighted by Crippen LogP contribution is -2.32. The standard InChI is InChI=1S/C11H15N5O6S/c1-7-13-6-9(16(19)20)15(7)4-5-21-10(18)3-2-8(17)14-11(23)22-12/h6H,2-5,12H2,1H3,(H,14,17,23). The van der Waals surface area contributed by atoms with E-state index in [9.17, 15) is 19.7 Å². The first kappa shape index (κ1) is 18.4. The minimum absolute atomic E-state index is 0.0805. The number of nitrogens with one attached hydrogen (secondary N) is 1. The van der Waals surface area contributed by atoms with Crippen molar-refractivity contribution in [1.29, 1.82) is 0 Å². The van der Waals surface area contributed by atoms with Crippen LogP contribution in [0.2, 0.25) is 0 Å². The molecule has 12 heteroatoms. The summed E-state index contributed by atoms with van der Waals surface area (Å²) in [7, 11) is 0. The van der Waals surface area contributed by atoms with Gasteiger partial charge in [0, 0.05) is 13.3 Å². The molecule has 0 unspecified atom stereocenters. The van der Waals surface area contributed by atoms with Gasteiger partial charge in [0.25, 0.3) is 5.17 Å². The maximum Gasteiger partial charge on any atom is 0.342 e. The predicted molar refractivity (Wildman–Crippen MR) is 79.8 cm³/mol. The number of aryl methyl sites for hydroxylation is 1. The number of carbonyl (C=O) groups is 2. The van der Waals surface area contributed by atoms with Crippen molar-refractivity contribution in [3.05, 3.63) is 22.1 Å². The number of imidazole rings is 1. The van der Waals surface area contributed by atoms with E-state index >= 15 is 0 Å². The molecule has 1 aromatic heterocycles. The van der Waals surface area contributed by atoms with Crippen molar-refractivity contribution in [2.24, 2.45) is 5.90 Å². The maximum absolute atomic E-state index is 11.5. The number of nitrogens with two attached hydrogens (primary N) is 1. The van der Waals surface area contributed by atoms with Crippen LogP contribution in [0.15, 0.2) is 6.20 Å². The molecule has 0 aromatic carbocycles. The Balaban J connectivity index is 2.35. The molecule has 0 bridgehead atoms. The molecule has 0 aliphatic rings. The average molecular weight is 345 g/mol. The van der Waals surface area contributed by atoms with Crippen LogP contribution in [0, 0.1) is 17.0 Å². The maximum atomic E-state index is 11.5. The van der Waals surface area contributed by atoms with Crippen LogP contribution in [0.25, 0.3) is 0 Å². The van der Waals surface area contributed by atoms with Gasteiger partial charge in [-0.15, -0.1) is 0 Å². The highest BCUT2D eigenvalue weighted by Crippen LogP contribution is 2.13. The van der Waals surface area contributed by atoms with Crippen LogP contribution >= 0.6 is 12.2 Å². The molecule has 0 saturated carbocycles. The molecule has 1 heterocycles. The van der Waals surface area contributed by atoms with Crippen molar-refractivity contribution < 1.29 is 24.1 Å². The van der Waals surface area contributed by atoms with Gasteiger partial charge in [-0.05, 0) is 17.1 Å². The van der Waals surface area contributed by atoms with Crippen LogP contribution in [-0.2, 0) is 25.7 Å². The second kappa shape index (κ2) is 8.75. The molecule has 0 fully saturated rings. The van der Waals surface area contributed by atoms with Crippen molar-refractivity contribution >= 4 is 35.1 Å². The summed E-state index contributed by atoms with van der Waals surface area (Å²) < 4.78 is 6.22. The van der Waals surface area contributed by atoms with Crippen LogP contribution < -0.4 is 11.2 Å². The SMILES string of the molecule is Cc1ncc([N+](=O)[O-])n1CCOC(=O)CCC(=O)NC(=S)ON. The molecule has 0 aliphatic heterocycles. The van der Waals surface area contributed by atoms with Crippen LogP contribution in [-0.4, -0.2) is 38.1 Å². The van der Waals surface area contributed by atoms with E-state index in [-0.39, 0.29) is 37.0 Å². The molecule has 1 rings (SSSR count). The Morgan fingerprint density at radius 1 is 1.52 bits per heavy atom. The average Bonchev–Trinajstić information content (AvgIpc) is 2.86. The normalized spacial score (nSPS) is 10.0. The first-order valence-electron chi connectivity index (χ1n) is 6.37. The molecule has 126 valence electrons. The summed E-state index contributed by atoms with van der Waals surface area (Å²) >= 11 is 4.51. The van der Waals surface area contributed by atoms with E-state index in [1.807, 2.05) is 0 Å². The van der Waals surface area contributed by atoms with Gasteiger partial charge in [0.05, 0.1) is 6.42 Å². The Morgan fingerprint density at radius 2 is 2.22 bits per heavy atom. The molecular formula is C11H15N5O6S. The summed E-state index contributed by atoms with van der Waals surface area (Å²) in [5, 5.41) is 12.6. The summed E-state index contributed by atoms with van der Waals surface area (Å²) in [5.74, 6) is 3.81. The molecule has 0 saturated heterocycles. The first-order chi connectivity index (χ1) is 10.8. The van der Waals surface area contributed by atoms with Crippen molar-refractivity contribution in [2.75, 3.05) is 6.61 Å². The van der Waals surface area contributed by atoms with Gasteiger partial charge < -0.3 is 19.7 Å². The highest BCUT2D eigenvalue weighted by Gasteiger charge is 2.17. The smallest absolute Gasteiger partial charge is 0.342 e. The number of ether oxygens (including phenoxy) is 1. The van der Waals surface area contributed by atoms with E-state index < -0.39 is 16.8 Å². The summed E-state index contributed by atoms with van der Waals surface area (Å²) in [5.41, 5.74) is 0. The lowest BCUT2D eigenvalue weighted by atomic mass is 10.3. The van der Waals surface area contributed by atoms with Crippen LogP contribution in [0.1, 0.15) is 18.7 Å². The van der Waals surface area contributed by atoms with E-state index in [0.717, 1.165) is 6.20 Å². The van der Waals surface area contributed by atoms with E-state index in [4.69, 9.17) is 10.6 Å². The van der Waals surface area contributed by atoms with Gasteiger partial charge >= 0.3 is 11.8 Å². The van der Waals surface area contributed by atoms with E-state index in [0.29, 0.717) is 5.82 Å². The van der Waals surface area contributed by atoms with Gasteiger partial charge in [-0.2, -0.15) is 5.90 Å². The Labute approximate surface area is 135 Å². The highest BCUT2D eigenvalue weighted by atomic mass is 32.1. The van der Waals surface area contributed by atoms with Gasteiger partial charge in [0.2, 0.25) is 5.91 Å². The van der Waals surface area contributed by atoms with E-state index in [1.54, 1.807) is 6.92 Å². The molecule has 23 heavy (non-hydrogen) atoms. The molecule has 0 radical (unpaired) electrons. The number of rotatable bonds is 7. The molecule has 0 atom stereocenters. The zero-order valence-corrected chi connectivity index (χ0v) is 13.0. The third-order valence-electron chi connectivity index (χ3n) is 2.70. The van der Waals surface area contributed by atoms with Crippen LogP contribution in [0.5, 0.6) is 0 Å². The minimum atomic E-state index is -0.625. The third-order valence-corrected chi connectivity index (χ3v) is 2.90. The number of hydrogen-bond acceptors (Lipinski definition) is 9. The Kier molecular flexibility index (Phi) is 7.02. The van der Waals surface area contributed by atoms with Crippen LogP contribution in [0.3, 0.4) is 0 Å². The quantitative estimate of drug-likeness (QED) is 0.294. The zero-order chi connectivity index (χ0) is 17.4. The van der Waals surface area contributed by atoms with Gasteiger partial charge in [0.1, 0.15) is 19.3 Å². The topological polar surface area (TPSA) is 152 Å². The monoisotopic (exact) mass is 345 g/mol. The van der Waals surface area contributed by atoms with Crippen molar-refractivity contribution in [3.8, 4) is 0 Å². The Morgan fingerprint density at radius 3 is 2.83 bits per heavy atom. The minimum Gasteiger partial charge on any atom is -0.461 e. The van der Waals surface area contributed by atoms with Crippen LogP contribution in [0.4, 0.5) is 5.82 Å². The molecule has 3 N–H and O–H groups in total. The molecule has 1 amide bonds. The van der Waals surface area contributed by atoms with Crippen molar-refractivity contribution in [2.45, 2.75) is 26.3 Å². The van der Waals surface area contributed by atoms with E-state index in [1.165, 1.54) is 4.57 Å². The molecule has 1 aromatic rings. The van der Waals surface area contributed by atoms with Crippen molar-refractivity contribution in [1.82, 2.24) is 14.9 Å². The molecule has 0 spiro atoms. The fraction of sp³-hybridized carbons (Fsp3) is 0.455. The second-order valence-electron chi connectivity index (χ2n) is 4.25. The number of carbonyl (C=O) groups excluding carboxylic acids is 2. The Bertz CT molecular complexity index is 616. The van der Waals surface area contributed by atoms with Gasteiger partial charge in [-0.3, -0.25) is 14.9 Å². The molecule has 11 nitrogen and oxygen atoms in total. The predicted octanol–water partition coefficient (Wildman–Crippen LogP) is -0.285. The number of esters is 1. The van der Waals surface area contributed by atoms with Gasteiger partial charge in [-0.25, -0.2) is 9.55 Å². The van der Waals surface area contributed by atoms with Crippen molar-refractivity contribution in [3.63, 3.8) is 0 Å². The van der Waals surface area contributed by atoms with Gasteiger partial charge in [-0.1, -0.05) is 0 Å². The van der Waals surface area contributed by atoms with Gasteiger partial charge in [0.15, 0.2) is 5.82 Å². The number of nitro groups is 1. The summed E-state index contributed by atoms with van der Waals surface area (Å²) in [6, 6.07) is 0. The largest absolute Gasteiger partial charge is 0.461 e. The summed E-state index contributed by atoms with van der Waals surface area (Å²) in [4.78, 5) is 40.9. The third kappa shape index (κ3) is 5.96. The zero-order valence-electron chi connectivity index (χ0n) is 12.2. The van der Waals surface area contributed by atoms with E-state index in [2.05, 4.69) is 27.4 Å². The number of thiocarbonyl (C=S) groups is 1. The molecular weight excluding hydrogens is 330 g/mol. The lowest BCUT2D eigenvalue weighted by Gasteiger charge is -2.06. The fourth-order valence-corrected chi connectivity index (χ4v) is 1.74. The second-order valence-corrected chi connectivity index (χ2v) is 4.62. The molecule has 0 aliphatic carbocycles. The first-order valence-corrected chi connectivity index (χ1v) is 6.78.